The summed E-state index contributed by atoms with van der Waals surface area (Å²) in [5.41, 5.74) is -1.42. The molecule has 0 aromatic carbocycles. The first-order valence-corrected chi connectivity index (χ1v) is 4.42. The molecule has 2 nitrogen and oxygen atoms in total. The Morgan fingerprint density at radius 3 is 2.50 bits per heavy atom. The number of carboxylic acids is 1. The third kappa shape index (κ3) is 2.47. The molecule has 0 atom stereocenters. The average molecular weight is 174 g/mol. The SMILES string of the molecule is CC1CCC(F)(CC(=O)O)CC1. The molecule has 0 saturated heterocycles. The number of carboxylic acid groups (broad SMARTS) is 1. The van der Waals surface area contributed by atoms with E-state index in [9.17, 15) is 9.18 Å². The number of rotatable bonds is 2. The minimum Gasteiger partial charge on any atom is -0.481 e. The Balaban J connectivity index is 2.44. The molecule has 0 unspecified atom stereocenters. The standard InChI is InChI=1S/C9H15FO2/c1-7-2-4-9(10,5-3-7)6-8(11)12/h7H,2-6H2,1H3,(H,11,12). The van der Waals surface area contributed by atoms with Crippen LogP contribution in [0, 0.1) is 5.92 Å². The summed E-state index contributed by atoms with van der Waals surface area (Å²) in [4.78, 5) is 10.3. The molecule has 0 spiro atoms. The van der Waals surface area contributed by atoms with Gasteiger partial charge < -0.3 is 5.11 Å². The molecular weight excluding hydrogens is 159 g/mol. The maximum atomic E-state index is 13.6. The highest BCUT2D eigenvalue weighted by atomic mass is 19.1. The van der Waals surface area contributed by atoms with Crippen molar-refractivity contribution >= 4 is 5.97 Å². The Labute approximate surface area is 71.8 Å². The summed E-state index contributed by atoms with van der Waals surface area (Å²) in [7, 11) is 0. The van der Waals surface area contributed by atoms with Crippen molar-refractivity contribution in [3.05, 3.63) is 0 Å². The van der Waals surface area contributed by atoms with E-state index in [1.165, 1.54) is 0 Å². The van der Waals surface area contributed by atoms with E-state index in [2.05, 4.69) is 6.92 Å². The van der Waals surface area contributed by atoms with Crippen LogP contribution >= 0.6 is 0 Å². The molecule has 1 rings (SSSR count). The highest BCUT2D eigenvalue weighted by Gasteiger charge is 2.35. The van der Waals surface area contributed by atoms with E-state index < -0.39 is 11.6 Å². The predicted octanol–water partition coefficient (Wildman–Crippen LogP) is 2.38. The number of carbonyl (C=O) groups is 1. The largest absolute Gasteiger partial charge is 0.481 e. The fourth-order valence-corrected chi connectivity index (χ4v) is 1.73. The first-order chi connectivity index (χ1) is 5.52. The van der Waals surface area contributed by atoms with Gasteiger partial charge in [-0.15, -0.1) is 0 Å². The third-order valence-corrected chi connectivity index (χ3v) is 2.64. The molecule has 1 N–H and O–H groups in total. The predicted molar refractivity (Wildman–Crippen MR) is 43.7 cm³/mol. The second-order valence-corrected chi connectivity index (χ2v) is 3.90. The highest BCUT2D eigenvalue weighted by Crippen LogP contribution is 2.37. The zero-order valence-corrected chi connectivity index (χ0v) is 7.35. The van der Waals surface area contributed by atoms with Gasteiger partial charge in [0.25, 0.3) is 0 Å². The maximum Gasteiger partial charge on any atom is 0.306 e. The van der Waals surface area contributed by atoms with E-state index in [1.54, 1.807) is 0 Å². The summed E-state index contributed by atoms with van der Waals surface area (Å²) >= 11 is 0. The Morgan fingerprint density at radius 2 is 2.08 bits per heavy atom. The molecule has 1 saturated carbocycles. The minimum absolute atomic E-state index is 0.320. The molecule has 12 heavy (non-hydrogen) atoms. The number of alkyl halides is 1. The Kier molecular flexibility index (Phi) is 2.70. The molecule has 0 radical (unpaired) electrons. The Bertz CT molecular complexity index is 171. The van der Waals surface area contributed by atoms with E-state index in [1.807, 2.05) is 0 Å². The Morgan fingerprint density at radius 1 is 1.58 bits per heavy atom. The van der Waals surface area contributed by atoms with Gasteiger partial charge in [0.2, 0.25) is 0 Å². The number of aliphatic carboxylic acids is 1. The Hall–Kier alpha value is -0.600. The van der Waals surface area contributed by atoms with Crippen LogP contribution in [-0.4, -0.2) is 16.7 Å². The lowest BCUT2D eigenvalue weighted by molar-refractivity contribution is -0.141. The summed E-state index contributed by atoms with van der Waals surface area (Å²) in [6, 6.07) is 0. The minimum atomic E-state index is -1.42. The molecule has 0 aromatic rings. The number of hydrogen-bond donors (Lipinski definition) is 1. The molecule has 1 fully saturated rings. The van der Waals surface area contributed by atoms with Gasteiger partial charge >= 0.3 is 5.97 Å². The third-order valence-electron chi connectivity index (χ3n) is 2.64. The normalized spacial score (nSPS) is 36.3. The van der Waals surface area contributed by atoms with Gasteiger partial charge in [-0.1, -0.05) is 6.92 Å². The van der Waals surface area contributed by atoms with Crippen LogP contribution < -0.4 is 0 Å². The van der Waals surface area contributed by atoms with Crippen molar-refractivity contribution in [3.8, 4) is 0 Å². The monoisotopic (exact) mass is 174 g/mol. The topological polar surface area (TPSA) is 37.3 Å². The fourth-order valence-electron chi connectivity index (χ4n) is 1.73. The van der Waals surface area contributed by atoms with Crippen LogP contribution in [-0.2, 0) is 4.79 Å². The first kappa shape index (κ1) is 9.49. The molecule has 70 valence electrons. The lowest BCUT2D eigenvalue weighted by Gasteiger charge is -2.31. The van der Waals surface area contributed by atoms with Crippen molar-refractivity contribution in [1.29, 1.82) is 0 Å². The molecule has 1 aliphatic carbocycles. The second kappa shape index (κ2) is 3.42. The highest BCUT2D eigenvalue weighted by molar-refractivity contribution is 5.68. The van der Waals surface area contributed by atoms with Crippen LogP contribution in [0.1, 0.15) is 39.0 Å². The molecule has 0 aliphatic heterocycles. The van der Waals surface area contributed by atoms with Gasteiger partial charge in [0, 0.05) is 0 Å². The van der Waals surface area contributed by atoms with Crippen molar-refractivity contribution in [3.63, 3.8) is 0 Å². The van der Waals surface area contributed by atoms with Gasteiger partial charge in [0.05, 0.1) is 6.42 Å². The second-order valence-electron chi connectivity index (χ2n) is 3.90. The smallest absolute Gasteiger partial charge is 0.306 e. The van der Waals surface area contributed by atoms with Crippen molar-refractivity contribution in [2.45, 2.75) is 44.7 Å². The van der Waals surface area contributed by atoms with Crippen molar-refractivity contribution in [1.82, 2.24) is 0 Å². The lowest BCUT2D eigenvalue weighted by Crippen LogP contribution is -2.31. The summed E-state index contributed by atoms with van der Waals surface area (Å²) in [5, 5.41) is 8.46. The zero-order valence-electron chi connectivity index (χ0n) is 7.35. The van der Waals surface area contributed by atoms with Crippen LogP contribution in [0.15, 0.2) is 0 Å². The first-order valence-electron chi connectivity index (χ1n) is 4.42. The average Bonchev–Trinajstić information content (AvgIpc) is 1.94. The van der Waals surface area contributed by atoms with Crippen molar-refractivity contribution < 1.29 is 14.3 Å². The number of hydrogen-bond acceptors (Lipinski definition) is 1. The fraction of sp³-hybridized carbons (Fsp3) is 0.889. The maximum absolute atomic E-state index is 13.6. The quantitative estimate of drug-likeness (QED) is 0.697. The van der Waals surface area contributed by atoms with E-state index >= 15 is 0 Å². The van der Waals surface area contributed by atoms with Crippen LogP contribution in [0.4, 0.5) is 4.39 Å². The molecule has 3 heteroatoms. The molecule has 0 bridgehead atoms. The van der Waals surface area contributed by atoms with Crippen LogP contribution in [0.25, 0.3) is 0 Å². The number of halogens is 1. The lowest BCUT2D eigenvalue weighted by atomic mass is 9.79. The van der Waals surface area contributed by atoms with Gasteiger partial charge in [-0.2, -0.15) is 0 Å². The molecule has 1 aliphatic rings. The van der Waals surface area contributed by atoms with Gasteiger partial charge in [-0.3, -0.25) is 4.79 Å². The molecular formula is C9H15FO2. The van der Waals surface area contributed by atoms with Crippen LogP contribution in [0.5, 0.6) is 0 Å². The summed E-state index contributed by atoms with van der Waals surface area (Å²) in [6.45, 7) is 2.08. The van der Waals surface area contributed by atoms with E-state index in [-0.39, 0.29) is 6.42 Å². The summed E-state index contributed by atoms with van der Waals surface area (Å²) < 4.78 is 13.6. The van der Waals surface area contributed by atoms with Gasteiger partial charge in [0.15, 0.2) is 0 Å². The van der Waals surface area contributed by atoms with Crippen molar-refractivity contribution in [2.75, 3.05) is 0 Å². The summed E-state index contributed by atoms with van der Waals surface area (Å²) in [6.07, 6.45) is 2.16. The van der Waals surface area contributed by atoms with E-state index in [0.717, 1.165) is 12.8 Å². The molecule has 0 heterocycles. The van der Waals surface area contributed by atoms with Crippen molar-refractivity contribution in [2.24, 2.45) is 5.92 Å². The molecule has 0 amide bonds. The van der Waals surface area contributed by atoms with E-state index in [0.29, 0.717) is 18.8 Å². The van der Waals surface area contributed by atoms with Gasteiger partial charge in [-0.25, -0.2) is 4.39 Å². The van der Waals surface area contributed by atoms with Crippen LogP contribution in [0.2, 0.25) is 0 Å². The molecule has 0 aromatic heterocycles. The van der Waals surface area contributed by atoms with Gasteiger partial charge in [-0.05, 0) is 31.6 Å². The summed E-state index contributed by atoms with van der Waals surface area (Å²) in [5.74, 6) is -0.463. The van der Waals surface area contributed by atoms with Gasteiger partial charge in [0.1, 0.15) is 5.67 Å². The van der Waals surface area contributed by atoms with E-state index in [4.69, 9.17) is 5.11 Å². The zero-order chi connectivity index (χ0) is 9.19. The van der Waals surface area contributed by atoms with Crippen LogP contribution in [0.3, 0.4) is 0 Å².